The minimum Gasteiger partial charge on any atom is -0.495 e. The molecule has 6 heteroatoms. The Morgan fingerprint density at radius 3 is 2.65 bits per heavy atom. The molecular formula is C20H22Cl2N2O2. The van der Waals surface area contributed by atoms with E-state index in [2.05, 4.69) is 10.2 Å². The van der Waals surface area contributed by atoms with Crippen molar-refractivity contribution in [2.24, 2.45) is 5.92 Å². The van der Waals surface area contributed by atoms with Crippen LogP contribution in [0, 0.1) is 5.92 Å². The zero-order chi connectivity index (χ0) is 18.5. The van der Waals surface area contributed by atoms with Crippen molar-refractivity contribution in [3.05, 3.63) is 58.1 Å². The van der Waals surface area contributed by atoms with Crippen molar-refractivity contribution < 1.29 is 9.53 Å². The molecule has 1 atom stereocenters. The normalized spacial score (nSPS) is 17.7. The summed E-state index contributed by atoms with van der Waals surface area (Å²) in [5.74, 6) is 0.558. The topological polar surface area (TPSA) is 41.6 Å². The first-order valence-corrected chi connectivity index (χ1v) is 9.42. The van der Waals surface area contributed by atoms with E-state index >= 15 is 0 Å². The van der Waals surface area contributed by atoms with E-state index in [1.54, 1.807) is 25.3 Å². The van der Waals surface area contributed by atoms with Crippen molar-refractivity contribution in [1.29, 1.82) is 0 Å². The number of anilines is 1. The predicted molar refractivity (Wildman–Crippen MR) is 106 cm³/mol. The number of amides is 1. The first-order valence-electron chi connectivity index (χ1n) is 8.66. The predicted octanol–water partition coefficient (Wildman–Crippen LogP) is 4.85. The Hall–Kier alpha value is -1.75. The second-order valence-corrected chi connectivity index (χ2v) is 7.41. The number of halogens is 2. The quantitative estimate of drug-likeness (QED) is 0.790. The number of hydrogen-bond donors (Lipinski definition) is 1. The summed E-state index contributed by atoms with van der Waals surface area (Å²) in [5, 5.41) is 4.27. The highest BCUT2D eigenvalue weighted by molar-refractivity contribution is 6.31. The first kappa shape index (κ1) is 19.0. The molecule has 1 amide bonds. The fourth-order valence-electron chi connectivity index (χ4n) is 3.27. The Morgan fingerprint density at radius 1 is 1.19 bits per heavy atom. The largest absolute Gasteiger partial charge is 0.495 e. The van der Waals surface area contributed by atoms with Gasteiger partial charge in [0.25, 0.3) is 0 Å². The third-order valence-corrected chi connectivity index (χ3v) is 5.10. The third kappa shape index (κ3) is 4.91. The van der Waals surface area contributed by atoms with E-state index in [0.717, 1.165) is 37.5 Å². The van der Waals surface area contributed by atoms with Crippen molar-refractivity contribution in [2.75, 3.05) is 25.5 Å². The van der Waals surface area contributed by atoms with Crippen LogP contribution in [0.15, 0.2) is 42.5 Å². The van der Waals surface area contributed by atoms with Gasteiger partial charge in [0.05, 0.1) is 18.7 Å². The molecule has 1 fully saturated rings. The van der Waals surface area contributed by atoms with Gasteiger partial charge in [0, 0.05) is 23.1 Å². The molecule has 1 aliphatic heterocycles. The van der Waals surface area contributed by atoms with Crippen molar-refractivity contribution in [3.63, 3.8) is 0 Å². The summed E-state index contributed by atoms with van der Waals surface area (Å²) in [6.07, 6.45) is 1.88. The van der Waals surface area contributed by atoms with Gasteiger partial charge in [0.1, 0.15) is 5.75 Å². The molecule has 0 spiro atoms. The van der Waals surface area contributed by atoms with E-state index in [1.165, 1.54) is 5.56 Å². The summed E-state index contributed by atoms with van der Waals surface area (Å²) >= 11 is 12.0. The number of nitrogens with one attached hydrogen (secondary N) is 1. The molecule has 0 radical (unpaired) electrons. The lowest BCUT2D eigenvalue weighted by molar-refractivity contribution is -0.121. The van der Waals surface area contributed by atoms with E-state index in [1.807, 2.05) is 24.3 Å². The van der Waals surface area contributed by atoms with Crippen LogP contribution in [0.25, 0.3) is 0 Å². The Balaban J connectivity index is 1.62. The van der Waals surface area contributed by atoms with Crippen LogP contribution in [-0.2, 0) is 11.3 Å². The number of nitrogens with zero attached hydrogens (tertiary/aromatic N) is 1. The first-order chi connectivity index (χ1) is 12.5. The molecule has 26 heavy (non-hydrogen) atoms. The van der Waals surface area contributed by atoms with Gasteiger partial charge in [-0.3, -0.25) is 9.69 Å². The summed E-state index contributed by atoms with van der Waals surface area (Å²) in [7, 11) is 1.58. The number of carbonyl (C=O) groups excluding carboxylic acids is 1. The molecule has 2 aromatic rings. The van der Waals surface area contributed by atoms with Gasteiger partial charge in [-0.05, 0) is 55.3 Å². The molecule has 1 N–H and O–H groups in total. The van der Waals surface area contributed by atoms with Gasteiger partial charge >= 0.3 is 0 Å². The lowest BCUT2D eigenvalue weighted by Gasteiger charge is -2.32. The van der Waals surface area contributed by atoms with Gasteiger partial charge in [-0.1, -0.05) is 35.3 Å². The SMILES string of the molecule is COc1ccc(Cl)cc1NC(=O)[C@@H]1CCCN(Cc2ccc(Cl)cc2)C1. The summed E-state index contributed by atoms with van der Waals surface area (Å²) in [4.78, 5) is 15.0. The van der Waals surface area contributed by atoms with E-state index in [-0.39, 0.29) is 11.8 Å². The van der Waals surface area contributed by atoms with Crippen molar-refractivity contribution in [2.45, 2.75) is 19.4 Å². The van der Waals surface area contributed by atoms with E-state index in [4.69, 9.17) is 27.9 Å². The molecule has 0 bridgehead atoms. The van der Waals surface area contributed by atoms with Crippen LogP contribution < -0.4 is 10.1 Å². The number of piperidine rings is 1. The van der Waals surface area contributed by atoms with Crippen molar-refractivity contribution in [1.82, 2.24) is 4.90 Å². The van der Waals surface area contributed by atoms with E-state index in [0.29, 0.717) is 16.5 Å². The van der Waals surface area contributed by atoms with Crippen LogP contribution in [0.2, 0.25) is 10.0 Å². The highest BCUT2D eigenvalue weighted by Crippen LogP contribution is 2.29. The molecule has 0 aromatic heterocycles. The number of carbonyl (C=O) groups is 1. The zero-order valence-electron chi connectivity index (χ0n) is 14.7. The van der Waals surface area contributed by atoms with Gasteiger partial charge in [-0.2, -0.15) is 0 Å². The number of rotatable bonds is 5. The molecule has 1 aliphatic rings. The number of hydrogen-bond acceptors (Lipinski definition) is 3. The van der Waals surface area contributed by atoms with E-state index < -0.39 is 0 Å². The van der Waals surface area contributed by atoms with Gasteiger partial charge in [-0.15, -0.1) is 0 Å². The van der Waals surface area contributed by atoms with Crippen LogP contribution in [0.3, 0.4) is 0 Å². The number of methoxy groups -OCH3 is 1. The zero-order valence-corrected chi connectivity index (χ0v) is 16.2. The molecule has 2 aromatic carbocycles. The average molecular weight is 393 g/mol. The molecule has 3 rings (SSSR count). The Kier molecular flexibility index (Phi) is 6.41. The van der Waals surface area contributed by atoms with Gasteiger partial charge in [0.2, 0.25) is 5.91 Å². The minimum absolute atomic E-state index is 0.00590. The monoisotopic (exact) mass is 392 g/mol. The van der Waals surface area contributed by atoms with Gasteiger partial charge in [-0.25, -0.2) is 0 Å². The second kappa shape index (κ2) is 8.76. The number of benzene rings is 2. The maximum Gasteiger partial charge on any atom is 0.228 e. The smallest absolute Gasteiger partial charge is 0.228 e. The summed E-state index contributed by atoms with van der Waals surface area (Å²) in [6, 6.07) is 13.1. The van der Waals surface area contributed by atoms with Crippen LogP contribution in [0.1, 0.15) is 18.4 Å². The second-order valence-electron chi connectivity index (χ2n) is 6.53. The number of likely N-dealkylation sites (tertiary alicyclic amines) is 1. The molecule has 0 saturated carbocycles. The molecule has 1 saturated heterocycles. The molecule has 0 unspecified atom stereocenters. The highest BCUT2D eigenvalue weighted by atomic mass is 35.5. The summed E-state index contributed by atoms with van der Waals surface area (Å²) in [5.41, 5.74) is 1.81. The van der Waals surface area contributed by atoms with Crippen molar-refractivity contribution >= 4 is 34.8 Å². The Labute approximate surface area is 164 Å². The lowest BCUT2D eigenvalue weighted by atomic mass is 9.96. The summed E-state index contributed by atoms with van der Waals surface area (Å²) in [6.45, 7) is 2.55. The van der Waals surface area contributed by atoms with Crippen LogP contribution >= 0.6 is 23.2 Å². The molecule has 1 heterocycles. The molecule has 138 valence electrons. The average Bonchev–Trinajstić information content (AvgIpc) is 2.64. The van der Waals surface area contributed by atoms with E-state index in [9.17, 15) is 4.79 Å². The lowest BCUT2D eigenvalue weighted by Crippen LogP contribution is -2.40. The fourth-order valence-corrected chi connectivity index (χ4v) is 3.57. The minimum atomic E-state index is -0.0558. The molecule has 0 aliphatic carbocycles. The van der Waals surface area contributed by atoms with Gasteiger partial charge in [0.15, 0.2) is 0 Å². The fraction of sp³-hybridized carbons (Fsp3) is 0.350. The highest BCUT2D eigenvalue weighted by Gasteiger charge is 2.26. The Morgan fingerprint density at radius 2 is 1.92 bits per heavy atom. The van der Waals surface area contributed by atoms with Crippen LogP contribution in [-0.4, -0.2) is 31.0 Å². The van der Waals surface area contributed by atoms with Crippen LogP contribution in [0.4, 0.5) is 5.69 Å². The maximum absolute atomic E-state index is 12.7. The standard InChI is InChI=1S/C20H22Cl2N2O2/c1-26-19-9-8-17(22)11-18(19)23-20(25)15-3-2-10-24(13-15)12-14-4-6-16(21)7-5-14/h4-9,11,15H,2-3,10,12-13H2,1H3,(H,23,25)/t15-/m1/s1. The van der Waals surface area contributed by atoms with Gasteiger partial charge < -0.3 is 10.1 Å². The van der Waals surface area contributed by atoms with Crippen LogP contribution in [0.5, 0.6) is 5.75 Å². The number of ether oxygens (including phenoxy) is 1. The van der Waals surface area contributed by atoms with Crippen molar-refractivity contribution in [3.8, 4) is 5.75 Å². The summed E-state index contributed by atoms with van der Waals surface area (Å²) < 4.78 is 5.30. The Bertz CT molecular complexity index is 765. The third-order valence-electron chi connectivity index (χ3n) is 4.62. The molecule has 4 nitrogen and oxygen atoms in total. The maximum atomic E-state index is 12.7. The molecular weight excluding hydrogens is 371 g/mol.